The third kappa shape index (κ3) is 4.63. The maximum atomic E-state index is 12.5. The second kappa shape index (κ2) is 8.06. The van der Waals surface area contributed by atoms with Crippen LogP contribution in [0.15, 0.2) is 29.2 Å². The normalized spacial score (nSPS) is 17.8. The molecule has 0 bridgehead atoms. The molecule has 1 fully saturated rings. The number of amides is 1. The second-order valence-corrected chi connectivity index (χ2v) is 7.31. The van der Waals surface area contributed by atoms with Gasteiger partial charge in [0.2, 0.25) is 5.91 Å². The van der Waals surface area contributed by atoms with Crippen molar-refractivity contribution in [1.29, 1.82) is 0 Å². The Labute approximate surface area is 136 Å². The molecule has 2 rings (SSSR count). The maximum Gasteiger partial charge on any atom is 0.235 e. The molecule has 1 aliphatic heterocycles. The molecule has 1 aliphatic rings. The van der Waals surface area contributed by atoms with Crippen LogP contribution in [-0.4, -0.2) is 42.7 Å². The van der Waals surface area contributed by atoms with Gasteiger partial charge in [-0.05, 0) is 51.4 Å². The van der Waals surface area contributed by atoms with Gasteiger partial charge >= 0.3 is 0 Å². The van der Waals surface area contributed by atoms with Crippen LogP contribution in [0.25, 0.3) is 0 Å². The Balaban J connectivity index is 1.87. The summed E-state index contributed by atoms with van der Waals surface area (Å²) in [7, 11) is 1.99. The predicted octanol–water partition coefficient (Wildman–Crippen LogP) is 3.28. The second-order valence-electron chi connectivity index (χ2n) is 5.52. The van der Waals surface area contributed by atoms with Crippen LogP contribution < -0.4 is 5.32 Å². The van der Waals surface area contributed by atoms with Gasteiger partial charge in [-0.15, -0.1) is 11.8 Å². The van der Waals surface area contributed by atoms with Crippen molar-refractivity contribution in [2.24, 2.45) is 5.92 Å². The summed E-state index contributed by atoms with van der Waals surface area (Å²) in [5.41, 5.74) is 0. The van der Waals surface area contributed by atoms with Crippen LogP contribution in [0.3, 0.4) is 0 Å². The van der Waals surface area contributed by atoms with Crippen LogP contribution in [0, 0.1) is 5.92 Å². The number of nitrogens with one attached hydrogen (secondary N) is 1. The van der Waals surface area contributed by atoms with Gasteiger partial charge in [-0.1, -0.05) is 23.7 Å². The Bertz CT molecular complexity index is 475. The molecule has 1 atom stereocenters. The summed E-state index contributed by atoms with van der Waals surface area (Å²) < 4.78 is 0. The Morgan fingerprint density at radius 3 is 2.71 bits per heavy atom. The molecule has 0 spiro atoms. The van der Waals surface area contributed by atoms with Crippen molar-refractivity contribution < 1.29 is 4.79 Å². The highest BCUT2D eigenvalue weighted by molar-refractivity contribution is 8.00. The van der Waals surface area contributed by atoms with Crippen molar-refractivity contribution in [3.8, 4) is 0 Å². The van der Waals surface area contributed by atoms with E-state index in [1.807, 2.05) is 43.1 Å². The third-order valence-electron chi connectivity index (χ3n) is 3.91. The van der Waals surface area contributed by atoms with Crippen molar-refractivity contribution in [2.45, 2.75) is 29.9 Å². The molecular formula is C16H23ClN2OS. The van der Waals surface area contributed by atoms with Crippen molar-refractivity contribution >= 4 is 29.3 Å². The first kappa shape index (κ1) is 16.7. The van der Waals surface area contributed by atoms with Gasteiger partial charge in [0.1, 0.15) is 0 Å². The van der Waals surface area contributed by atoms with Gasteiger partial charge < -0.3 is 10.2 Å². The standard InChI is InChI=1S/C16H23ClN2OS/c1-12(21-15-6-4-3-5-14(15)17)16(20)19-9-7-13(8-10-19)11-18-2/h3-6,12-13,18H,7-11H2,1-2H3. The fourth-order valence-corrected chi connectivity index (χ4v) is 3.92. The van der Waals surface area contributed by atoms with Gasteiger partial charge in [-0.25, -0.2) is 0 Å². The number of carbonyl (C=O) groups is 1. The number of halogens is 1. The molecule has 1 aromatic rings. The van der Waals surface area contributed by atoms with E-state index in [-0.39, 0.29) is 11.2 Å². The lowest BCUT2D eigenvalue weighted by Crippen LogP contribution is -2.43. The van der Waals surface area contributed by atoms with Crippen LogP contribution in [-0.2, 0) is 4.79 Å². The molecular weight excluding hydrogens is 304 g/mol. The molecule has 0 radical (unpaired) electrons. The van der Waals surface area contributed by atoms with E-state index in [0.717, 1.165) is 42.4 Å². The van der Waals surface area contributed by atoms with E-state index in [1.165, 1.54) is 0 Å². The van der Waals surface area contributed by atoms with Gasteiger partial charge in [0.05, 0.1) is 10.3 Å². The van der Waals surface area contributed by atoms with Crippen molar-refractivity contribution in [1.82, 2.24) is 10.2 Å². The Hall–Kier alpha value is -0.710. The number of nitrogens with zero attached hydrogens (tertiary/aromatic N) is 1. The molecule has 5 heteroatoms. The minimum atomic E-state index is -0.0919. The minimum absolute atomic E-state index is 0.0919. The smallest absolute Gasteiger partial charge is 0.235 e. The Kier molecular flexibility index (Phi) is 6.40. The van der Waals surface area contributed by atoms with Gasteiger partial charge in [0.15, 0.2) is 0 Å². The number of carbonyl (C=O) groups excluding carboxylic acids is 1. The summed E-state index contributed by atoms with van der Waals surface area (Å²) in [6, 6.07) is 7.69. The van der Waals surface area contributed by atoms with E-state index in [9.17, 15) is 4.79 Å². The molecule has 1 saturated heterocycles. The van der Waals surface area contributed by atoms with Gasteiger partial charge in [0, 0.05) is 18.0 Å². The van der Waals surface area contributed by atoms with E-state index >= 15 is 0 Å². The van der Waals surface area contributed by atoms with Crippen LogP contribution >= 0.6 is 23.4 Å². The van der Waals surface area contributed by atoms with Crippen LogP contribution in [0.4, 0.5) is 0 Å². The summed E-state index contributed by atoms with van der Waals surface area (Å²) >= 11 is 7.71. The molecule has 0 aromatic heterocycles. The van der Waals surface area contributed by atoms with Crippen LogP contribution in [0.2, 0.25) is 5.02 Å². The van der Waals surface area contributed by atoms with Crippen LogP contribution in [0.5, 0.6) is 0 Å². The minimum Gasteiger partial charge on any atom is -0.342 e. The molecule has 1 heterocycles. The maximum absolute atomic E-state index is 12.5. The van der Waals surface area contributed by atoms with Gasteiger partial charge in [-0.2, -0.15) is 0 Å². The molecule has 1 amide bonds. The average Bonchev–Trinajstić information content (AvgIpc) is 2.50. The van der Waals surface area contributed by atoms with Crippen LogP contribution in [0.1, 0.15) is 19.8 Å². The average molecular weight is 327 g/mol. The summed E-state index contributed by atoms with van der Waals surface area (Å²) in [4.78, 5) is 15.5. The van der Waals surface area contributed by atoms with E-state index < -0.39 is 0 Å². The van der Waals surface area contributed by atoms with Gasteiger partial charge in [-0.3, -0.25) is 4.79 Å². The summed E-state index contributed by atoms with van der Waals surface area (Å²) in [5, 5.41) is 3.85. The topological polar surface area (TPSA) is 32.3 Å². The molecule has 1 aromatic carbocycles. The largest absolute Gasteiger partial charge is 0.342 e. The lowest BCUT2D eigenvalue weighted by atomic mass is 9.97. The highest BCUT2D eigenvalue weighted by atomic mass is 35.5. The van der Waals surface area contributed by atoms with E-state index in [2.05, 4.69) is 5.32 Å². The lowest BCUT2D eigenvalue weighted by molar-refractivity contribution is -0.131. The molecule has 21 heavy (non-hydrogen) atoms. The predicted molar refractivity (Wildman–Crippen MR) is 90.0 cm³/mol. The summed E-state index contributed by atoms with van der Waals surface area (Å²) in [5.74, 6) is 0.924. The molecule has 3 nitrogen and oxygen atoms in total. The number of hydrogen-bond acceptors (Lipinski definition) is 3. The van der Waals surface area contributed by atoms with E-state index in [0.29, 0.717) is 5.92 Å². The van der Waals surface area contributed by atoms with E-state index in [1.54, 1.807) is 11.8 Å². The molecule has 1 N–H and O–H groups in total. The first-order chi connectivity index (χ1) is 10.1. The number of hydrogen-bond donors (Lipinski definition) is 1. The highest BCUT2D eigenvalue weighted by Gasteiger charge is 2.26. The van der Waals surface area contributed by atoms with Crippen molar-refractivity contribution in [2.75, 3.05) is 26.7 Å². The zero-order valence-corrected chi connectivity index (χ0v) is 14.2. The number of likely N-dealkylation sites (tertiary alicyclic amines) is 1. The third-order valence-corrected chi connectivity index (χ3v) is 5.51. The zero-order valence-electron chi connectivity index (χ0n) is 12.6. The first-order valence-corrected chi connectivity index (χ1v) is 8.72. The highest BCUT2D eigenvalue weighted by Crippen LogP contribution is 2.31. The van der Waals surface area contributed by atoms with Crippen molar-refractivity contribution in [3.05, 3.63) is 29.3 Å². The monoisotopic (exact) mass is 326 g/mol. The first-order valence-electron chi connectivity index (χ1n) is 7.46. The number of rotatable bonds is 5. The number of piperidine rings is 1. The lowest BCUT2D eigenvalue weighted by Gasteiger charge is -2.33. The molecule has 0 saturated carbocycles. The Morgan fingerprint density at radius 2 is 2.10 bits per heavy atom. The van der Waals surface area contributed by atoms with Gasteiger partial charge in [0.25, 0.3) is 0 Å². The SMILES string of the molecule is CNCC1CCN(C(=O)C(C)Sc2ccccc2Cl)CC1. The number of benzene rings is 1. The Morgan fingerprint density at radius 1 is 1.43 bits per heavy atom. The number of thioether (sulfide) groups is 1. The fraction of sp³-hybridized carbons (Fsp3) is 0.562. The quantitative estimate of drug-likeness (QED) is 0.843. The van der Waals surface area contributed by atoms with Crippen molar-refractivity contribution in [3.63, 3.8) is 0 Å². The molecule has 1 unspecified atom stereocenters. The zero-order chi connectivity index (χ0) is 15.2. The molecule has 116 valence electrons. The molecule has 0 aliphatic carbocycles. The van der Waals surface area contributed by atoms with E-state index in [4.69, 9.17) is 11.6 Å². The summed E-state index contributed by atoms with van der Waals surface area (Å²) in [6.45, 7) is 4.76. The fourth-order valence-electron chi connectivity index (χ4n) is 2.68. The summed E-state index contributed by atoms with van der Waals surface area (Å²) in [6.07, 6.45) is 2.19.